The van der Waals surface area contributed by atoms with Crippen LogP contribution >= 0.6 is 0 Å². The standard InChI is InChI=1S/C20H24N2O2/c1-15-13-17-8-3-5-9-18(17)22(15)14-20(23)21-12-11-16-7-4-6-10-19(16)24-2/h3-10,15H,11-14H2,1-2H3,(H,21,23)/t15-/m1/s1. The molecule has 0 bridgehead atoms. The molecule has 4 nitrogen and oxygen atoms in total. The first-order valence-corrected chi connectivity index (χ1v) is 8.42. The van der Waals surface area contributed by atoms with Crippen molar-refractivity contribution >= 4 is 11.6 Å². The number of benzene rings is 2. The van der Waals surface area contributed by atoms with Crippen molar-refractivity contribution < 1.29 is 9.53 Å². The summed E-state index contributed by atoms with van der Waals surface area (Å²) in [7, 11) is 1.67. The molecule has 1 aliphatic rings. The number of carbonyl (C=O) groups excluding carboxylic acids is 1. The molecule has 0 spiro atoms. The Morgan fingerprint density at radius 3 is 2.79 bits per heavy atom. The summed E-state index contributed by atoms with van der Waals surface area (Å²) in [6.07, 6.45) is 1.77. The van der Waals surface area contributed by atoms with Crippen LogP contribution in [0.2, 0.25) is 0 Å². The molecule has 2 aromatic rings. The summed E-state index contributed by atoms with van der Waals surface area (Å²) in [4.78, 5) is 14.5. The Hall–Kier alpha value is -2.49. The van der Waals surface area contributed by atoms with Gasteiger partial charge in [0.2, 0.25) is 5.91 Å². The number of nitrogens with zero attached hydrogens (tertiary/aromatic N) is 1. The van der Waals surface area contributed by atoms with Crippen molar-refractivity contribution in [1.82, 2.24) is 5.32 Å². The average molecular weight is 324 g/mol. The zero-order valence-electron chi connectivity index (χ0n) is 14.3. The topological polar surface area (TPSA) is 41.6 Å². The Kier molecular flexibility index (Phi) is 5.04. The molecule has 24 heavy (non-hydrogen) atoms. The van der Waals surface area contributed by atoms with E-state index in [9.17, 15) is 4.79 Å². The average Bonchev–Trinajstić information content (AvgIpc) is 2.91. The fourth-order valence-electron chi connectivity index (χ4n) is 3.33. The van der Waals surface area contributed by atoms with Crippen molar-refractivity contribution in [3.05, 3.63) is 59.7 Å². The second-order valence-corrected chi connectivity index (χ2v) is 6.22. The van der Waals surface area contributed by atoms with Gasteiger partial charge in [-0.2, -0.15) is 0 Å². The van der Waals surface area contributed by atoms with Crippen LogP contribution in [0.3, 0.4) is 0 Å². The molecule has 2 aromatic carbocycles. The van der Waals surface area contributed by atoms with Gasteiger partial charge in [-0.3, -0.25) is 4.79 Å². The molecule has 1 aliphatic heterocycles. The molecule has 0 fully saturated rings. The fourth-order valence-corrected chi connectivity index (χ4v) is 3.33. The highest BCUT2D eigenvalue weighted by atomic mass is 16.5. The molecule has 1 heterocycles. The molecule has 4 heteroatoms. The molecule has 1 atom stereocenters. The number of nitrogens with one attached hydrogen (secondary N) is 1. The maximum absolute atomic E-state index is 12.3. The Balaban J connectivity index is 1.53. The van der Waals surface area contributed by atoms with Gasteiger partial charge in [0, 0.05) is 18.3 Å². The van der Waals surface area contributed by atoms with E-state index in [1.165, 1.54) is 11.3 Å². The number of amides is 1. The maximum atomic E-state index is 12.3. The van der Waals surface area contributed by atoms with Gasteiger partial charge in [0.15, 0.2) is 0 Å². The Morgan fingerprint density at radius 1 is 1.21 bits per heavy atom. The van der Waals surface area contributed by atoms with E-state index in [0.717, 1.165) is 24.2 Å². The first kappa shape index (κ1) is 16.4. The first-order chi connectivity index (χ1) is 11.7. The summed E-state index contributed by atoms with van der Waals surface area (Å²) < 4.78 is 5.34. The second kappa shape index (κ2) is 7.39. The molecule has 0 saturated carbocycles. The first-order valence-electron chi connectivity index (χ1n) is 8.42. The zero-order valence-corrected chi connectivity index (χ0v) is 14.3. The summed E-state index contributed by atoms with van der Waals surface area (Å²) in [5.74, 6) is 0.933. The molecule has 0 radical (unpaired) electrons. The Bertz CT molecular complexity index is 714. The highest BCUT2D eigenvalue weighted by molar-refractivity contribution is 5.82. The minimum Gasteiger partial charge on any atom is -0.496 e. The van der Waals surface area contributed by atoms with Crippen LogP contribution < -0.4 is 15.0 Å². The van der Waals surface area contributed by atoms with Crippen LogP contribution in [-0.4, -0.2) is 32.1 Å². The maximum Gasteiger partial charge on any atom is 0.239 e. The molecule has 0 unspecified atom stereocenters. The van der Waals surface area contributed by atoms with E-state index < -0.39 is 0 Å². The molecule has 0 saturated heterocycles. The number of carbonyl (C=O) groups is 1. The van der Waals surface area contributed by atoms with E-state index in [1.54, 1.807) is 7.11 Å². The largest absolute Gasteiger partial charge is 0.496 e. The second-order valence-electron chi connectivity index (χ2n) is 6.22. The molecule has 1 N–H and O–H groups in total. The molecule has 3 rings (SSSR count). The van der Waals surface area contributed by atoms with Gasteiger partial charge in [-0.25, -0.2) is 0 Å². The summed E-state index contributed by atoms with van der Waals surface area (Å²) in [6, 6.07) is 16.6. The molecule has 0 aliphatic carbocycles. The lowest BCUT2D eigenvalue weighted by Gasteiger charge is -2.24. The number of hydrogen-bond donors (Lipinski definition) is 1. The predicted octanol–water partition coefficient (Wildman–Crippen LogP) is 2.81. The van der Waals surface area contributed by atoms with E-state index in [0.29, 0.717) is 19.1 Å². The van der Waals surface area contributed by atoms with Crippen molar-refractivity contribution in [2.45, 2.75) is 25.8 Å². The number of para-hydroxylation sites is 2. The SMILES string of the molecule is COc1ccccc1CCNC(=O)CN1c2ccccc2C[C@H]1C. The van der Waals surface area contributed by atoms with Gasteiger partial charge in [-0.15, -0.1) is 0 Å². The van der Waals surface area contributed by atoms with Crippen molar-refractivity contribution in [3.63, 3.8) is 0 Å². The Morgan fingerprint density at radius 2 is 1.96 bits per heavy atom. The summed E-state index contributed by atoms with van der Waals surface area (Å²) in [6.45, 7) is 3.19. The normalized spacial score (nSPS) is 15.9. The van der Waals surface area contributed by atoms with Gasteiger partial charge in [0.05, 0.1) is 13.7 Å². The molecule has 0 aromatic heterocycles. The van der Waals surface area contributed by atoms with E-state index in [2.05, 4.69) is 35.3 Å². The predicted molar refractivity (Wildman–Crippen MR) is 96.7 cm³/mol. The number of anilines is 1. The fraction of sp³-hybridized carbons (Fsp3) is 0.350. The quantitative estimate of drug-likeness (QED) is 0.888. The van der Waals surface area contributed by atoms with E-state index >= 15 is 0 Å². The minimum atomic E-state index is 0.0634. The number of rotatable bonds is 6. The lowest BCUT2D eigenvalue weighted by molar-refractivity contribution is -0.119. The number of fused-ring (bicyclic) bond motifs is 1. The minimum absolute atomic E-state index is 0.0634. The number of methoxy groups -OCH3 is 1. The zero-order chi connectivity index (χ0) is 16.9. The third-order valence-electron chi connectivity index (χ3n) is 4.57. The lowest BCUT2D eigenvalue weighted by atomic mass is 10.1. The summed E-state index contributed by atoms with van der Waals surface area (Å²) in [5, 5.41) is 3.02. The van der Waals surface area contributed by atoms with Crippen molar-refractivity contribution in [1.29, 1.82) is 0 Å². The van der Waals surface area contributed by atoms with Crippen LogP contribution in [0.4, 0.5) is 5.69 Å². The van der Waals surface area contributed by atoms with Crippen molar-refractivity contribution in [2.24, 2.45) is 0 Å². The monoisotopic (exact) mass is 324 g/mol. The van der Waals surface area contributed by atoms with Crippen LogP contribution in [-0.2, 0) is 17.6 Å². The molecular weight excluding hydrogens is 300 g/mol. The molecular formula is C20H24N2O2. The third-order valence-corrected chi connectivity index (χ3v) is 4.57. The van der Waals surface area contributed by atoms with Gasteiger partial charge in [-0.05, 0) is 43.0 Å². The van der Waals surface area contributed by atoms with Gasteiger partial charge >= 0.3 is 0 Å². The van der Waals surface area contributed by atoms with Crippen LogP contribution in [0, 0.1) is 0 Å². The van der Waals surface area contributed by atoms with Gasteiger partial charge < -0.3 is 15.0 Å². The van der Waals surface area contributed by atoms with Crippen LogP contribution in [0.1, 0.15) is 18.1 Å². The van der Waals surface area contributed by atoms with E-state index in [1.807, 2.05) is 30.3 Å². The van der Waals surface area contributed by atoms with E-state index in [4.69, 9.17) is 4.74 Å². The van der Waals surface area contributed by atoms with Gasteiger partial charge in [0.25, 0.3) is 0 Å². The molecule has 126 valence electrons. The molecule has 1 amide bonds. The van der Waals surface area contributed by atoms with Crippen molar-refractivity contribution in [2.75, 3.05) is 25.1 Å². The number of hydrogen-bond acceptors (Lipinski definition) is 3. The summed E-state index contributed by atoms with van der Waals surface area (Å²) in [5.41, 5.74) is 3.62. The Labute approximate surface area is 143 Å². The lowest BCUT2D eigenvalue weighted by Crippen LogP contribution is -2.40. The van der Waals surface area contributed by atoms with Crippen LogP contribution in [0.25, 0.3) is 0 Å². The highest BCUT2D eigenvalue weighted by Gasteiger charge is 2.26. The summed E-state index contributed by atoms with van der Waals surface area (Å²) >= 11 is 0. The van der Waals surface area contributed by atoms with Gasteiger partial charge in [-0.1, -0.05) is 36.4 Å². The van der Waals surface area contributed by atoms with Crippen LogP contribution in [0.15, 0.2) is 48.5 Å². The highest BCUT2D eigenvalue weighted by Crippen LogP contribution is 2.31. The van der Waals surface area contributed by atoms with Crippen LogP contribution in [0.5, 0.6) is 5.75 Å². The third kappa shape index (κ3) is 3.53. The van der Waals surface area contributed by atoms with Gasteiger partial charge in [0.1, 0.15) is 5.75 Å². The number of ether oxygens (including phenoxy) is 1. The van der Waals surface area contributed by atoms with E-state index in [-0.39, 0.29) is 5.91 Å². The van der Waals surface area contributed by atoms with Crippen molar-refractivity contribution in [3.8, 4) is 5.75 Å². The smallest absolute Gasteiger partial charge is 0.239 e.